The largest absolute Gasteiger partial charge is 0.456 e. The van der Waals surface area contributed by atoms with E-state index >= 15 is 0 Å². The molecule has 0 aliphatic carbocycles. The van der Waals surface area contributed by atoms with Gasteiger partial charge >= 0.3 is 0 Å². The molecule has 0 radical (unpaired) electrons. The second kappa shape index (κ2) is 4.20. The van der Waals surface area contributed by atoms with Gasteiger partial charge in [0.25, 0.3) is 0 Å². The summed E-state index contributed by atoms with van der Waals surface area (Å²) < 4.78 is 44.6. The summed E-state index contributed by atoms with van der Waals surface area (Å²) in [6, 6.07) is 12.5. The van der Waals surface area contributed by atoms with Crippen LogP contribution >= 0.6 is 0 Å². The van der Waals surface area contributed by atoms with Gasteiger partial charge in [-0.1, -0.05) is 36.4 Å². The molecule has 0 bridgehead atoms. The van der Waals surface area contributed by atoms with E-state index in [0.29, 0.717) is 11.1 Å². The first-order valence-electron chi connectivity index (χ1n) is 8.75. The normalized spacial score (nSPS) is 15.5. The first-order valence-corrected chi connectivity index (χ1v) is 6.25. The highest BCUT2D eigenvalue weighted by atomic mass is 16.3. The molecule has 96 valence electrons. The minimum absolute atomic E-state index is 0.202. The molecule has 0 aliphatic heterocycles. The molecule has 4 aromatic rings. The summed E-state index contributed by atoms with van der Waals surface area (Å²) in [7, 11) is 0. The Balaban J connectivity index is 2.04. The maximum Gasteiger partial charge on any atom is 0.136 e. The number of aryl methyl sites for hydroxylation is 1. The van der Waals surface area contributed by atoms with E-state index in [2.05, 4.69) is 4.98 Å². The first-order chi connectivity index (χ1) is 11.9. The van der Waals surface area contributed by atoms with Crippen molar-refractivity contribution in [3.8, 4) is 11.3 Å². The molecule has 0 atom stereocenters. The van der Waals surface area contributed by atoms with Crippen molar-refractivity contribution in [2.45, 2.75) is 6.85 Å². The van der Waals surface area contributed by atoms with Crippen LogP contribution in [0.2, 0.25) is 0 Å². The number of aromatic nitrogens is 1. The third kappa shape index (κ3) is 1.62. The summed E-state index contributed by atoms with van der Waals surface area (Å²) in [4.78, 5) is 4.20. The van der Waals surface area contributed by atoms with Crippen molar-refractivity contribution in [3.63, 3.8) is 0 Å². The first kappa shape index (κ1) is 7.25. The van der Waals surface area contributed by atoms with Crippen LogP contribution in [0.1, 0.15) is 12.4 Å². The molecule has 0 aliphatic rings. The molecule has 0 spiro atoms. The number of nitrogens with zero attached hydrogens (tertiary/aromatic N) is 1. The molecule has 20 heavy (non-hydrogen) atoms. The Hall–Kier alpha value is -2.61. The van der Waals surface area contributed by atoms with Crippen molar-refractivity contribution >= 4 is 21.9 Å². The lowest BCUT2D eigenvalue weighted by atomic mass is 10.0. The van der Waals surface area contributed by atoms with Gasteiger partial charge in [-0.15, -0.1) is 0 Å². The summed E-state index contributed by atoms with van der Waals surface area (Å²) in [6.07, 6.45) is 1.17. The van der Waals surface area contributed by atoms with E-state index in [-0.39, 0.29) is 23.3 Å². The molecule has 2 aromatic carbocycles. The number of hydrogen-bond acceptors (Lipinski definition) is 2. The maximum atomic E-state index is 8.26. The lowest BCUT2D eigenvalue weighted by molar-refractivity contribution is 0.669. The summed E-state index contributed by atoms with van der Waals surface area (Å²) in [6.45, 7) is -2.47. The molecule has 2 heteroatoms. The predicted octanol–water partition coefficient (Wildman–Crippen LogP) is 4.96. The smallest absolute Gasteiger partial charge is 0.136 e. The van der Waals surface area contributed by atoms with Gasteiger partial charge in [0.15, 0.2) is 0 Å². The molecule has 2 aromatic heterocycles. The molecule has 0 fully saturated rings. The third-order valence-corrected chi connectivity index (χ3v) is 3.30. The third-order valence-electron chi connectivity index (χ3n) is 3.30. The van der Waals surface area contributed by atoms with Crippen molar-refractivity contribution in [1.82, 2.24) is 4.98 Å². The topological polar surface area (TPSA) is 26.0 Å². The molecular formula is C18H13NO. The molecule has 2 nitrogen and oxygen atoms in total. The van der Waals surface area contributed by atoms with Crippen LogP contribution in [-0.4, -0.2) is 4.98 Å². The Kier molecular flexibility index (Phi) is 1.52. The van der Waals surface area contributed by atoms with Crippen LogP contribution in [-0.2, 0) is 0 Å². The average Bonchev–Trinajstić information content (AvgIpc) is 2.95. The van der Waals surface area contributed by atoms with E-state index in [1.807, 2.05) is 30.3 Å². The zero-order valence-electron chi connectivity index (χ0n) is 15.5. The molecule has 2 heterocycles. The van der Waals surface area contributed by atoms with Crippen molar-refractivity contribution < 1.29 is 11.3 Å². The van der Waals surface area contributed by atoms with E-state index in [9.17, 15) is 0 Å². The van der Waals surface area contributed by atoms with Crippen LogP contribution in [0.5, 0.6) is 0 Å². The van der Waals surface area contributed by atoms with Gasteiger partial charge in [0.1, 0.15) is 11.2 Å². The van der Waals surface area contributed by atoms with E-state index < -0.39 is 6.85 Å². The van der Waals surface area contributed by atoms with Gasteiger partial charge in [-0.2, -0.15) is 0 Å². The minimum atomic E-state index is -2.47. The van der Waals surface area contributed by atoms with Crippen LogP contribution in [0, 0.1) is 6.85 Å². The number of furan rings is 1. The number of benzene rings is 2. The summed E-state index contributed by atoms with van der Waals surface area (Å²) in [5.74, 6) is 0. The monoisotopic (exact) mass is 264 g/mol. The maximum absolute atomic E-state index is 8.26. The fraction of sp³-hybridized carbons (Fsp3) is 0.0556. The molecule has 0 saturated carbocycles. The fourth-order valence-electron chi connectivity index (χ4n) is 2.43. The van der Waals surface area contributed by atoms with Crippen molar-refractivity contribution in [2.75, 3.05) is 0 Å². The lowest BCUT2D eigenvalue weighted by Gasteiger charge is -2.03. The van der Waals surface area contributed by atoms with Gasteiger partial charge in [-0.25, -0.2) is 0 Å². The van der Waals surface area contributed by atoms with Crippen molar-refractivity contribution in [2.24, 2.45) is 0 Å². The Bertz CT molecular complexity index is 1110. The number of rotatable bonds is 1. The molecular weight excluding hydrogens is 246 g/mol. The van der Waals surface area contributed by atoms with Gasteiger partial charge in [-0.3, -0.25) is 4.98 Å². The fourth-order valence-corrected chi connectivity index (χ4v) is 2.43. The molecule has 0 N–H and O–H groups in total. The lowest BCUT2D eigenvalue weighted by Crippen LogP contribution is -1.84. The molecule has 0 saturated heterocycles. The molecule has 0 amide bonds. The Morgan fingerprint density at radius 1 is 1.05 bits per heavy atom. The summed E-state index contributed by atoms with van der Waals surface area (Å²) in [5.41, 5.74) is 2.09. The highest BCUT2D eigenvalue weighted by molar-refractivity contribution is 6.11. The van der Waals surface area contributed by atoms with Gasteiger partial charge in [0.2, 0.25) is 0 Å². The second-order valence-electron chi connectivity index (χ2n) is 4.55. The van der Waals surface area contributed by atoms with Crippen LogP contribution in [0.15, 0.2) is 65.2 Å². The number of hydrogen-bond donors (Lipinski definition) is 0. The van der Waals surface area contributed by atoms with E-state index in [0.717, 1.165) is 16.4 Å². The predicted molar refractivity (Wildman–Crippen MR) is 81.7 cm³/mol. The number of fused-ring (bicyclic) bond motifs is 3. The Labute approximate surface area is 123 Å². The second-order valence-corrected chi connectivity index (χ2v) is 4.55. The van der Waals surface area contributed by atoms with Crippen LogP contribution in [0.25, 0.3) is 33.2 Å². The summed E-state index contributed by atoms with van der Waals surface area (Å²) >= 11 is 0. The summed E-state index contributed by atoms with van der Waals surface area (Å²) in [5, 5.41) is 1.70. The molecule has 4 rings (SSSR count). The van der Waals surface area contributed by atoms with Crippen LogP contribution < -0.4 is 0 Å². The van der Waals surface area contributed by atoms with Gasteiger partial charge < -0.3 is 4.42 Å². The average molecular weight is 264 g/mol. The van der Waals surface area contributed by atoms with E-state index in [1.165, 1.54) is 6.20 Å². The van der Waals surface area contributed by atoms with Gasteiger partial charge in [0.05, 0.1) is 8.44 Å². The minimum Gasteiger partial charge on any atom is -0.456 e. The zero-order valence-corrected chi connectivity index (χ0v) is 10.5. The van der Waals surface area contributed by atoms with Crippen LogP contribution in [0.4, 0.5) is 0 Å². The van der Waals surface area contributed by atoms with Crippen molar-refractivity contribution in [1.29, 1.82) is 0 Å². The Morgan fingerprint density at radius 3 is 2.90 bits per heavy atom. The number of para-hydroxylation sites is 1. The Morgan fingerprint density at radius 2 is 1.95 bits per heavy atom. The van der Waals surface area contributed by atoms with E-state index in [1.54, 1.807) is 12.1 Å². The van der Waals surface area contributed by atoms with E-state index in [4.69, 9.17) is 11.3 Å². The number of pyridine rings is 1. The quantitative estimate of drug-likeness (QED) is 0.486. The standard InChI is InChI=1S/C18H13NO/c1-12-9-10-15(19-11-12)13-6-4-8-17-18(13)14-5-2-3-7-16(14)20-17/h2-11H,1H3/i1D3,9D,10D. The molecule has 0 unspecified atom stereocenters. The SMILES string of the molecule is [2H]c1c(C([2H])([2H])[2H])cnc(-c2cccc3oc4ccccc4c23)c1[2H]. The zero-order chi connectivity index (χ0) is 17.8. The van der Waals surface area contributed by atoms with Gasteiger partial charge in [-0.05, 0) is 30.6 Å². The van der Waals surface area contributed by atoms with Crippen LogP contribution in [0.3, 0.4) is 0 Å². The highest BCUT2D eigenvalue weighted by Crippen LogP contribution is 2.35. The highest BCUT2D eigenvalue weighted by Gasteiger charge is 2.12. The van der Waals surface area contributed by atoms with Crippen molar-refractivity contribution in [3.05, 3.63) is 66.3 Å². The van der Waals surface area contributed by atoms with Gasteiger partial charge in [0, 0.05) is 26.6 Å².